The van der Waals surface area contributed by atoms with Crippen LogP contribution in [0.5, 0.6) is 0 Å². The van der Waals surface area contributed by atoms with Gasteiger partial charge in [0, 0.05) is 27.0 Å². The zero-order valence-corrected chi connectivity index (χ0v) is 16.6. The van der Waals surface area contributed by atoms with E-state index in [1.54, 1.807) is 0 Å². The Morgan fingerprint density at radius 3 is 2.17 bits per heavy atom. The number of rotatable bonds is 5. The Balaban J connectivity index is 3.06. The van der Waals surface area contributed by atoms with Crippen LogP contribution in [0.4, 0.5) is 8.78 Å². The molecule has 2 rings (SSSR count). The molecule has 0 aliphatic rings. The molecule has 1 aromatic carbocycles. The van der Waals surface area contributed by atoms with Crippen molar-refractivity contribution in [2.24, 2.45) is 0 Å². The predicted molar refractivity (Wildman–Crippen MR) is 99.1 cm³/mol. The lowest BCUT2D eigenvalue weighted by atomic mass is 10.1. The van der Waals surface area contributed by atoms with Crippen LogP contribution in [0.3, 0.4) is 0 Å². The van der Waals surface area contributed by atoms with Crippen molar-refractivity contribution in [2.45, 2.75) is 34.3 Å². The zero-order chi connectivity index (χ0) is 22.7. The van der Waals surface area contributed by atoms with Crippen LogP contribution in [0, 0.1) is 11.6 Å². The fraction of sp³-hybridized carbons (Fsp3) is 0.316. The number of esters is 2. The molecule has 0 saturated carbocycles. The summed E-state index contributed by atoms with van der Waals surface area (Å²) in [7, 11) is 0. The van der Waals surface area contributed by atoms with E-state index in [-0.39, 0.29) is 6.61 Å². The quantitative estimate of drug-likeness (QED) is 0.670. The number of pyridine rings is 1. The highest BCUT2D eigenvalue weighted by Gasteiger charge is 2.27. The number of carbonyl (C=O) groups excluding carboxylic acids is 4. The number of halogens is 2. The van der Waals surface area contributed by atoms with Crippen molar-refractivity contribution in [3.05, 3.63) is 45.2 Å². The molecule has 11 heteroatoms. The summed E-state index contributed by atoms with van der Waals surface area (Å²) in [4.78, 5) is 60.4. The molecule has 0 N–H and O–H groups in total. The summed E-state index contributed by atoms with van der Waals surface area (Å²) in [6, 6.07) is 0.530. The number of ether oxygens (including phenoxy) is 2. The van der Waals surface area contributed by atoms with Crippen LogP contribution in [0.15, 0.2) is 17.1 Å². The summed E-state index contributed by atoms with van der Waals surface area (Å²) in [5, 5.41) is -0.00634. The van der Waals surface area contributed by atoms with Gasteiger partial charge < -0.3 is 9.47 Å². The van der Waals surface area contributed by atoms with Gasteiger partial charge in [0.05, 0.1) is 23.1 Å². The van der Waals surface area contributed by atoms with E-state index in [0.717, 1.165) is 31.6 Å². The lowest BCUT2D eigenvalue weighted by molar-refractivity contribution is -0.142. The first-order valence-corrected chi connectivity index (χ1v) is 8.69. The molecule has 0 spiro atoms. The van der Waals surface area contributed by atoms with Gasteiger partial charge in [0.2, 0.25) is 17.2 Å². The molecule has 0 radical (unpaired) electrons. The molecule has 1 aromatic heterocycles. The van der Waals surface area contributed by atoms with Crippen molar-refractivity contribution in [3.8, 4) is 0 Å². The molecule has 1 heterocycles. The maximum Gasteiger partial charge on any atom is 0.343 e. The molecule has 0 fully saturated rings. The van der Waals surface area contributed by atoms with Crippen molar-refractivity contribution < 1.29 is 37.4 Å². The summed E-state index contributed by atoms with van der Waals surface area (Å²) >= 11 is 0. The SMILES string of the molecule is CCOC(=O)c1cn(N(C(C)=O)C(C)=O)c2c(COC(C)=O)c(F)c(F)cc2c1=O. The van der Waals surface area contributed by atoms with E-state index in [1.807, 2.05) is 0 Å². The van der Waals surface area contributed by atoms with Crippen molar-refractivity contribution in [1.82, 2.24) is 4.68 Å². The molecule has 160 valence electrons. The average molecular weight is 424 g/mol. The molecule has 0 atom stereocenters. The molecule has 30 heavy (non-hydrogen) atoms. The number of imide groups is 1. The second-order valence-corrected chi connectivity index (χ2v) is 6.11. The third-order valence-electron chi connectivity index (χ3n) is 3.98. The van der Waals surface area contributed by atoms with E-state index in [1.165, 1.54) is 6.92 Å². The lowest BCUT2D eigenvalue weighted by Gasteiger charge is -2.24. The number of benzene rings is 1. The third kappa shape index (κ3) is 4.19. The van der Waals surface area contributed by atoms with E-state index in [4.69, 9.17) is 9.47 Å². The molecular weight excluding hydrogens is 406 g/mol. The van der Waals surface area contributed by atoms with Crippen LogP contribution in [0.25, 0.3) is 10.9 Å². The van der Waals surface area contributed by atoms with E-state index in [0.29, 0.717) is 11.1 Å². The Hall–Kier alpha value is -3.63. The average Bonchev–Trinajstić information content (AvgIpc) is 2.63. The number of aromatic nitrogens is 1. The van der Waals surface area contributed by atoms with Crippen molar-refractivity contribution in [1.29, 1.82) is 0 Å². The summed E-state index contributed by atoms with van der Waals surface area (Å²) in [6.45, 7) is 3.66. The summed E-state index contributed by atoms with van der Waals surface area (Å²) in [6.07, 6.45) is 0.820. The van der Waals surface area contributed by atoms with Crippen molar-refractivity contribution in [3.63, 3.8) is 0 Å². The highest BCUT2D eigenvalue weighted by atomic mass is 19.2. The molecule has 2 aromatic rings. The van der Waals surface area contributed by atoms with Gasteiger partial charge in [-0.1, -0.05) is 0 Å². The highest BCUT2D eigenvalue weighted by Crippen LogP contribution is 2.25. The summed E-state index contributed by atoms with van der Waals surface area (Å²) < 4.78 is 39.1. The first-order chi connectivity index (χ1) is 14.0. The predicted octanol–water partition coefficient (Wildman–Crippen LogP) is 1.55. The smallest absolute Gasteiger partial charge is 0.343 e. The van der Waals surface area contributed by atoms with Crippen LogP contribution in [-0.4, -0.2) is 35.0 Å². The van der Waals surface area contributed by atoms with Crippen LogP contribution in [0.2, 0.25) is 0 Å². The van der Waals surface area contributed by atoms with E-state index in [9.17, 15) is 32.8 Å². The minimum absolute atomic E-state index is 0.0884. The van der Waals surface area contributed by atoms with Crippen molar-refractivity contribution in [2.75, 3.05) is 11.6 Å². The summed E-state index contributed by atoms with van der Waals surface area (Å²) in [5.41, 5.74) is -2.64. The standard InChI is InChI=1S/C19H18F2N2O7/c1-5-29-19(28)13-7-22(23(9(2)24)10(3)25)17-12(18(13)27)6-15(20)16(21)14(17)8-30-11(4)26/h6-7H,5,8H2,1-4H3. The first-order valence-electron chi connectivity index (χ1n) is 8.69. The lowest BCUT2D eigenvalue weighted by Crippen LogP contribution is -2.44. The number of nitrogens with zero attached hydrogens (tertiary/aromatic N) is 2. The molecule has 2 amide bonds. The molecule has 0 unspecified atom stereocenters. The van der Waals surface area contributed by atoms with Gasteiger partial charge in [-0.25, -0.2) is 18.3 Å². The maximum absolute atomic E-state index is 14.6. The molecule has 0 bridgehead atoms. The van der Waals surface area contributed by atoms with E-state index >= 15 is 0 Å². The van der Waals surface area contributed by atoms with Crippen LogP contribution in [-0.2, 0) is 30.5 Å². The normalized spacial score (nSPS) is 10.6. The van der Waals surface area contributed by atoms with Crippen LogP contribution >= 0.6 is 0 Å². The van der Waals surface area contributed by atoms with Crippen molar-refractivity contribution >= 4 is 34.7 Å². The Morgan fingerprint density at radius 2 is 1.67 bits per heavy atom. The third-order valence-corrected chi connectivity index (χ3v) is 3.98. The number of hydrogen-bond donors (Lipinski definition) is 0. The minimum Gasteiger partial charge on any atom is -0.462 e. The Labute approximate surface area is 168 Å². The summed E-state index contributed by atoms with van der Waals surface area (Å²) in [5.74, 6) is -6.49. The van der Waals surface area contributed by atoms with Gasteiger partial charge in [-0.3, -0.25) is 19.2 Å². The molecule has 0 aliphatic heterocycles. The fourth-order valence-electron chi connectivity index (χ4n) is 2.84. The van der Waals surface area contributed by atoms with Gasteiger partial charge in [0.25, 0.3) is 0 Å². The van der Waals surface area contributed by atoms with Gasteiger partial charge in [0.1, 0.15) is 12.2 Å². The zero-order valence-electron chi connectivity index (χ0n) is 16.6. The Bertz CT molecular complexity index is 1110. The number of carbonyl (C=O) groups is 4. The Morgan fingerprint density at radius 1 is 1.07 bits per heavy atom. The highest BCUT2D eigenvalue weighted by molar-refractivity contribution is 6.08. The second-order valence-electron chi connectivity index (χ2n) is 6.11. The first kappa shape index (κ1) is 22.7. The number of amides is 2. The van der Waals surface area contributed by atoms with Crippen LogP contribution < -0.4 is 10.4 Å². The molecule has 9 nitrogen and oxygen atoms in total. The number of fused-ring (bicyclic) bond motifs is 1. The molecular formula is C19H18F2N2O7. The Kier molecular flexibility index (Phi) is 6.65. The van der Waals surface area contributed by atoms with E-state index < -0.39 is 69.5 Å². The molecule has 0 aliphatic carbocycles. The van der Waals surface area contributed by atoms with Gasteiger partial charge >= 0.3 is 11.9 Å². The van der Waals surface area contributed by atoms with Gasteiger partial charge in [-0.2, -0.15) is 5.01 Å². The fourth-order valence-corrected chi connectivity index (χ4v) is 2.84. The van der Waals surface area contributed by atoms with Gasteiger partial charge in [-0.05, 0) is 13.0 Å². The van der Waals surface area contributed by atoms with Gasteiger partial charge in [0.15, 0.2) is 11.6 Å². The molecule has 0 saturated heterocycles. The maximum atomic E-state index is 14.6. The topological polar surface area (TPSA) is 112 Å². The largest absolute Gasteiger partial charge is 0.462 e. The minimum atomic E-state index is -1.45. The number of hydrogen-bond acceptors (Lipinski definition) is 7. The second kappa shape index (κ2) is 8.80. The van der Waals surface area contributed by atoms with Gasteiger partial charge in [-0.15, -0.1) is 0 Å². The monoisotopic (exact) mass is 424 g/mol. The van der Waals surface area contributed by atoms with Crippen LogP contribution in [0.1, 0.15) is 43.6 Å². The van der Waals surface area contributed by atoms with E-state index in [2.05, 4.69) is 0 Å².